The molecule has 2 N–H and O–H groups in total. The molecular weight excluding hydrogens is 311 g/mol. The van der Waals surface area contributed by atoms with Crippen LogP contribution >= 0.6 is 7.60 Å². The molecule has 0 aromatic heterocycles. The summed E-state index contributed by atoms with van der Waals surface area (Å²) in [5.41, 5.74) is 1.05. The first kappa shape index (κ1) is 15.9. The summed E-state index contributed by atoms with van der Waals surface area (Å²) in [5, 5.41) is 0. The highest BCUT2D eigenvalue weighted by molar-refractivity contribution is 7.90. The van der Waals surface area contributed by atoms with E-state index in [1.807, 2.05) is 0 Å². The van der Waals surface area contributed by atoms with E-state index in [9.17, 15) is 13.0 Å². The van der Waals surface area contributed by atoms with E-state index in [1.54, 1.807) is 30.3 Å². The van der Waals surface area contributed by atoms with Crippen LogP contribution in [0.1, 0.15) is 11.1 Å². The van der Waals surface area contributed by atoms with Crippen molar-refractivity contribution in [2.45, 2.75) is 16.8 Å². The van der Waals surface area contributed by atoms with Crippen molar-refractivity contribution in [3.8, 4) is 0 Å². The van der Waals surface area contributed by atoms with E-state index in [1.165, 1.54) is 24.3 Å². The molecule has 0 atom stereocenters. The second kappa shape index (κ2) is 6.12. The van der Waals surface area contributed by atoms with Crippen molar-refractivity contribution in [1.82, 2.24) is 0 Å². The molecule has 21 heavy (non-hydrogen) atoms. The summed E-state index contributed by atoms with van der Waals surface area (Å²) in [5.74, 6) is -0.146. The molecule has 112 valence electrons. The van der Waals surface area contributed by atoms with Gasteiger partial charge in [-0.15, -0.1) is 0 Å². The van der Waals surface area contributed by atoms with Crippen LogP contribution in [0, 0.1) is 0 Å². The Balaban J connectivity index is 2.16. The molecular formula is C14H15O5PS. The van der Waals surface area contributed by atoms with Crippen molar-refractivity contribution in [2.24, 2.45) is 0 Å². The Bertz CT molecular complexity index is 748. The predicted molar refractivity (Wildman–Crippen MR) is 79.5 cm³/mol. The van der Waals surface area contributed by atoms with Gasteiger partial charge in [-0.05, 0) is 23.3 Å². The van der Waals surface area contributed by atoms with Gasteiger partial charge >= 0.3 is 7.60 Å². The first-order chi connectivity index (χ1) is 9.76. The average molecular weight is 326 g/mol. The fraction of sp³-hybridized carbons (Fsp3) is 0.143. The number of sulfone groups is 1. The normalized spacial score (nSPS) is 12.3. The third-order valence-electron chi connectivity index (χ3n) is 2.87. The van der Waals surface area contributed by atoms with Gasteiger partial charge in [-0.2, -0.15) is 0 Å². The van der Waals surface area contributed by atoms with E-state index in [0.717, 1.165) is 0 Å². The van der Waals surface area contributed by atoms with Crippen LogP contribution in [-0.2, 0) is 26.3 Å². The summed E-state index contributed by atoms with van der Waals surface area (Å²) < 4.78 is 35.3. The fourth-order valence-electron chi connectivity index (χ4n) is 1.91. The van der Waals surface area contributed by atoms with Crippen LogP contribution in [0.25, 0.3) is 0 Å². The third-order valence-corrected chi connectivity index (χ3v) is 5.35. The second-order valence-electron chi connectivity index (χ2n) is 4.71. The van der Waals surface area contributed by atoms with Gasteiger partial charge in [-0.3, -0.25) is 4.57 Å². The van der Waals surface area contributed by atoms with Crippen molar-refractivity contribution in [3.63, 3.8) is 0 Å². The summed E-state index contributed by atoms with van der Waals surface area (Å²) in [6.45, 7) is 0. The van der Waals surface area contributed by atoms with Crippen molar-refractivity contribution in [3.05, 3.63) is 65.7 Å². The molecule has 7 heteroatoms. The Hall–Kier alpha value is -1.46. The van der Waals surface area contributed by atoms with Gasteiger partial charge in [-0.1, -0.05) is 42.5 Å². The van der Waals surface area contributed by atoms with E-state index in [-0.39, 0.29) is 16.8 Å². The lowest BCUT2D eigenvalue weighted by Gasteiger charge is -2.07. The molecule has 0 fully saturated rings. The van der Waals surface area contributed by atoms with Gasteiger partial charge in [0.1, 0.15) is 0 Å². The zero-order valence-electron chi connectivity index (χ0n) is 11.1. The van der Waals surface area contributed by atoms with Crippen LogP contribution in [0.15, 0.2) is 59.5 Å². The van der Waals surface area contributed by atoms with Crippen molar-refractivity contribution < 1.29 is 22.8 Å². The van der Waals surface area contributed by atoms with E-state index >= 15 is 0 Å². The van der Waals surface area contributed by atoms with Crippen molar-refractivity contribution >= 4 is 17.4 Å². The second-order valence-corrected chi connectivity index (χ2v) is 8.35. The lowest BCUT2D eigenvalue weighted by atomic mass is 10.2. The van der Waals surface area contributed by atoms with Gasteiger partial charge < -0.3 is 9.79 Å². The van der Waals surface area contributed by atoms with Gasteiger partial charge in [0, 0.05) is 0 Å². The molecule has 0 heterocycles. The number of hydrogen-bond donors (Lipinski definition) is 2. The highest BCUT2D eigenvalue weighted by Crippen LogP contribution is 2.38. The Morgan fingerprint density at radius 1 is 0.857 bits per heavy atom. The maximum absolute atomic E-state index is 12.2. The van der Waals surface area contributed by atoms with Crippen LogP contribution in [0.3, 0.4) is 0 Å². The summed E-state index contributed by atoms with van der Waals surface area (Å²) in [6, 6.07) is 14.4. The molecule has 0 radical (unpaired) electrons. The first-order valence-electron chi connectivity index (χ1n) is 6.16. The van der Waals surface area contributed by atoms with Crippen LogP contribution in [-0.4, -0.2) is 18.2 Å². The van der Waals surface area contributed by atoms with Crippen LogP contribution in [0.4, 0.5) is 0 Å². The minimum absolute atomic E-state index is 0.146. The van der Waals surface area contributed by atoms with Gasteiger partial charge in [0.2, 0.25) is 0 Å². The molecule has 0 spiro atoms. The molecule has 5 nitrogen and oxygen atoms in total. The standard InChI is InChI=1S/C14H15O5PS/c15-20(16,17)10-12-6-8-13(9-7-12)11-21(18,19)14-4-2-1-3-5-14/h1-9H,10-11H2,(H2,15,16,17). The minimum atomic E-state index is -4.11. The van der Waals surface area contributed by atoms with Crippen LogP contribution in [0.5, 0.6) is 0 Å². The Labute approximate surface area is 123 Å². The highest BCUT2D eigenvalue weighted by atomic mass is 32.2. The highest BCUT2D eigenvalue weighted by Gasteiger charge is 2.16. The number of hydrogen-bond acceptors (Lipinski definition) is 3. The maximum atomic E-state index is 12.2. The number of rotatable bonds is 5. The van der Waals surface area contributed by atoms with E-state index in [4.69, 9.17) is 9.79 Å². The molecule has 0 bridgehead atoms. The largest absolute Gasteiger partial charge is 0.329 e. The molecule has 0 saturated carbocycles. The predicted octanol–water partition coefficient (Wildman–Crippen LogP) is 2.34. The maximum Gasteiger partial charge on any atom is 0.329 e. The summed E-state index contributed by atoms with van der Waals surface area (Å²) in [6.07, 6.45) is -0.348. The average Bonchev–Trinajstić information content (AvgIpc) is 2.40. The number of benzene rings is 2. The molecule has 0 aliphatic heterocycles. The SMILES string of the molecule is O=P(O)(O)Cc1ccc(CS(=O)(=O)c2ccccc2)cc1. The van der Waals surface area contributed by atoms with Gasteiger partial charge in [0.25, 0.3) is 0 Å². The van der Waals surface area contributed by atoms with Gasteiger partial charge in [0.15, 0.2) is 9.84 Å². The monoisotopic (exact) mass is 326 g/mol. The van der Waals surface area contributed by atoms with Gasteiger partial charge in [-0.25, -0.2) is 8.42 Å². The quantitative estimate of drug-likeness (QED) is 0.823. The Kier molecular flexibility index (Phi) is 4.64. The molecule has 0 amide bonds. The minimum Gasteiger partial charge on any atom is -0.324 e. The van der Waals surface area contributed by atoms with Crippen LogP contribution < -0.4 is 0 Å². The molecule has 0 aliphatic carbocycles. The van der Waals surface area contributed by atoms with Gasteiger partial charge in [0.05, 0.1) is 16.8 Å². The summed E-state index contributed by atoms with van der Waals surface area (Å²) >= 11 is 0. The first-order valence-corrected chi connectivity index (χ1v) is 9.61. The lowest BCUT2D eigenvalue weighted by molar-refractivity contribution is 0.371. The molecule has 0 saturated heterocycles. The topological polar surface area (TPSA) is 91.7 Å². The molecule has 2 aromatic carbocycles. The zero-order valence-corrected chi connectivity index (χ0v) is 12.8. The van der Waals surface area contributed by atoms with E-state index < -0.39 is 17.4 Å². The van der Waals surface area contributed by atoms with Crippen LogP contribution in [0.2, 0.25) is 0 Å². The lowest BCUT2D eigenvalue weighted by Crippen LogP contribution is -2.04. The molecule has 2 rings (SSSR count). The Morgan fingerprint density at radius 3 is 1.90 bits per heavy atom. The summed E-state index contributed by atoms with van der Waals surface area (Å²) in [4.78, 5) is 18.0. The fourth-order valence-corrected chi connectivity index (χ4v) is 3.97. The zero-order chi connectivity index (χ0) is 15.5. The third kappa shape index (κ3) is 4.79. The smallest absolute Gasteiger partial charge is 0.324 e. The van der Waals surface area contributed by atoms with E-state index in [0.29, 0.717) is 11.1 Å². The van der Waals surface area contributed by atoms with Crippen molar-refractivity contribution in [2.75, 3.05) is 0 Å². The van der Waals surface area contributed by atoms with E-state index in [2.05, 4.69) is 0 Å². The Morgan fingerprint density at radius 2 is 1.38 bits per heavy atom. The molecule has 0 unspecified atom stereocenters. The molecule has 2 aromatic rings. The molecule has 0 aliphatic rings. The van der Waals surface area contributed by atoms with Crippen molar-refractivity contribution in [1.29, 1.82) is 0 Å². The summed E-state index contributed by atoms with van der Waals surface area (Å²) in [7, 11) is -7.52.